The molecule has 0 saturated carbocycles. The average molecular weight is 256 g/mol. The summed E-state index contributed by atoms with van der Waals surface area (Å²) in [5.41, 5.74) is 10.4. The smallest absolute Gasteiger partial charge is 0.323 e. The molecule has 9 heteroatoms. The Labute approximate surface area is 104 Å². The molecule has 0 aliphatic carbocycles. The van der Waals surface area contributed by atoms with Crippen LogP contribution in [-0.4, -0.2) is 45.2 Å². The highest BCUT2D eigenvalue weighted by molar-refractivity contribution is 5.79. The van der Waals surface area contributed by atoms with Gasteiger partial charge in [0.1, 0.15) is 6.10 Å². The second kappa shape index (κ2) is 6.55. The first-order valence-electron chi connectivity index (χ1n) is 5.38. The third-order valence-electron chi connectivity index (χ3n) is 1.85. The van der Waals surface area contributed by atoms with Crippen LogP contribution in [-0.2, 0) is 4.79 Å². The molecular weight excluding hydrogens is 240 g/mol. The molecule has 1 amide bonds. The van der Waals surface area contributed by atoms with Gasteiger partial charge in [0.15, 0.2) is 0 Å². The van der Waals surface area contributed by atoms with E-state index < -0.39 is 12.0 Å². The van der Waals surface area contributed by atoms with Crippen LogP contribution in [0.5, 0.6) is 6.01 Å². The fourth-order valence-electron chi connectivity index (χ4n) is 0.998. The lowest BCUT2D eigenvalue weighted by Gasteiger charge is -2.09. The molecule has 1 unspecified atom stereocenters. The van der Waals surface area contributed by atoms with Crippen LogP contribution in [0.3, 0.4) is 0 Å². The molecule has 9 nitrogen and oxygen atoms in total. The van der Waals surface area contributed by atoms with Crippen LogP contribution in [0.25, 0.3) is 0 Å². The SMILES string of the molecule is CCCOc1nc(N)nc(NCC(O)C(N)=O)n1. The predicted octanol–water partition coefficient (Wildman–Crippen LogP) is -1.50. The molecule has 1 heterocycles. The maximum atomic E-state index is 10.6. The second-order valence-corrected chi connectivity index (χ2v) is 3.45. The number of nitrogens with two attached hydrogens (primary N) is 2. The van der Waals surface area contributed by atoms with Crippen molar-refractivity contribution < 1.29 is 14.6 Å². The molecule has 1 atom stereocenters. The highest BCUT2D eigenvalue weighted by Crippen LogP contribution is 2.09. The van der Waals surface area contributed by atoms with Gasteiger partial charge in [-0.15, -0.1) is 0 Å². The molecule has 0 radical (unpaired) electrons. The van der Waals surface area contributed by atoms with E-state index >= 15 is 0 Å². The quantitative estimate of drug-likeness (QED) is 0.460. The molecule has 0 spiro atoms. The molecule has 0 bridgehead atoms. The molecule has 0 saturated heterocycles. The zero-order chi connectivity index (χ0) is 13.5. The van der Waals surface area contributed by atoms with Gasteiger partial charge in [-0.05, 0) is 6.42 Å². The Morgan fingerprint density at radius 3 is 2.83 bits per heavy atom. The number of amides is 1. The topological polar surface area (TPSA) is 149 Å². The van der Waals surface area contributed by atoms with E-state index in [1.807, 2.05) is 6.92 Å². The largest absolute Gasteiger partial charge is 0.463 e. The van der Waals surface area contributed by atoms with Crippen LogP contribution in [0.1, 0.15) is 13.3 Å². The van der Waals surface area contributed by atoms with E-state index in [2.05, 4.69) is 20.3 Å². The van der Waals surface area contributed by atoms with Crippen LogP contribution >= 0.6 is 0 Å². The summed E-state index contributed by atoms with van der Waals surface area (Å²) in [6.07, 6.45) is -0.530. The zero-order valence-electron chi connectivity index (χ0n) is 9.96. The van der Waals surface area contributed by atoms with Gasteiger partial charge in [0, 0.05) is 0 Å². The number of rotatable bonds is 7. The van der Waals surface area contributed by atoms with Gasteiger partial charge in [-0.1, -0.05) is 6.92 Å². The second-order valence-electron chi connectivity index (χ2n) is 3.45. The van der Waals surface area contributed by atoms with Crippen LogP contribution < -0.4 is 21.5 Å². The number of carbonyl (C=O) groups is 1. The highest BCUT2D eigenvalue weighted by atomic mass is 16.5. The fourth-order valence-corrected chi connectivity index (χ4v) is 0.998. The number of nitrogens with one attached hydrogen (secondary N) is 1. The van der Waals surface area contributed by atoms with Gasteiger partial charge in [-0.3, -0.25) is 4.79 Å². The third-order valence-corrected chi connectivity index (χ3v) is 1.85. The first-order valence-corrected chi connectivity index (χ1v) is 5.38. The molecule has 0 aliphatic rings. The van der Waals surface area contributed by atoms with Gasteiger partial charge in [0.05, 0.1) is 13.2 Å². The molecule has 1 rings (SSSR count). The lowest BCUT2D eigenvalue weighted by Crippen LogP contribution is -2.34. The number of hydrogen-bond donors (Lipinski definition) is 4. The number of carbonyl (C=O) groups excluding carboxylic acids is 1. The number of nitrogens with zero attached hydrogens (tertiary/aromatic N) is 3. The van der Waals surface area contributed by atoms with E-state index in [1.54, 1.807) is 0 Å². The fraction of sp³-hybridized carbons (Fsp3) is 0.556. The summed E-state index contributed by atoms with van der Waals surface area (Å²) in [5, 5.41) is 11.8. The molecule has 0 fully saturated rings. The van der Waals surface area contributed by atoms with Gasteiger partial charge in [0.2, 0.25) is 17.8 Å². The van der Waals surface area contributed by atoms with Crippen molar-refractivity contribution in [2.45, 2.75) is 19.4 Å². The Morgan fingerprint density at radius 1 is 1.50 bits per heavy atom. The van der Waals surface area contributed by atoms with E-state index in [0.717, 1.165) is 6.42 Å². The van der Waals surface area contributed by atoms with Crippen molar-refractivity contribution in [3.05, 3.63) is 0 Å². The van der Waals surface area contributed by atoms with Crippen molar-refractivity contribution >= 4 is 17.8 Å². The third kappa shape index (κ3) is 4.37. The van der Waals surface area contributed by atoms with Gasteiger partial charge < -0.3 is 26.6 Å². The Hall–Kier alpha value is -2.16. The summed E-state index contributed by atoms with van der Waals surface area (Å²) < 4.78 is 5.19. The first-order chi connectivity index (χ1) is 8.52. The molecule has 6 N–H and O–H groups in total. The molecule has 1 aromatic rings. The van der Waals surface area contributed by atoms with Crippen molar-refractivity contribution in [3.63, 3.8) is 0 Å². The van der Waals surface area contributed by atoms with Gasteiger partial charge in [-0.25, -0.2) is 0 Å². The molecule has 100 valence electrons. The maximum Gasteiger partial charge on any atom is 0.323 e. The number of nitrogen functional groups attached to an aromatic ring is 1. The Bertz CT molecular complexity index is 413. The normalized spacial score (nSPS) is 11.9. The minimum absolute atomic E-state index is 0.0211. The Morgan fingerprint density at radius 2 is 2.22 bits per heavy atom. The van der Waals surface area contributed by atoms with E-state index in [-0.39, 0.29) is 24.5 Å². The lowest BCUT2D eigenvalue weighted by atomic mass is 10.3. The Balaban J connectivity index is 2.64. The number of ether oxygens (including phenoxy) is 1. The summed E-state index contributed by atoms with van der Waals surface area (Å²) in [6.45, 7) is 2.27. The molecular formula is C9H16N6O3. The van der Waals surface area contributed by atoms with Crippen molar-refractivity contribution in [3.8, 4) is 6.01 Å². The van der Waals surface area contributed by atoms with Crippen molar-refractivity contribution in [2.24, 2.45) is 5.73 Å². The maximum absolute atomic E-state index is 10.6. The standard InChI is InChI=1S/C9H16N6O3/c1-2-3-18-9-14-7(11)13-8(15-9)12-4-5(16)6(10)17/h5,16H,2-4H2,1H3,(H2,10,17)(H3,11,12,13,14,15). The van der Waals surface area contributed by atoms with Crippen molar-refractivity contribution in [2.75, 3.05) is 24.2 Å². The highest BCUT2D eigenvalue weighted by Gasteiger charge is 2.12. The number of anilines is 2. The molecule has 1 aromatic heterocycles. The zero-order valence-corrected chi connectivity index (χ0v) is 9.96. The number of aliphatic hydroxyl groups excluding tert-OH is 1. The van der Waals surface area contributed by atoms with Gasteiger partial charge >= 0.3 is 6.01 Å². The summed E-state index contributed by atoms with van der Waals surface area (Å²) in [7, 11) is 0. The summed E-state index contributed by atoms with van der Waals surface area (Å²) in [5.74, 6) is -0.756. The molecule has 0 aliphatic heterocycles. The lowest BCUT2D eigenvalue weighted by molar-refractivity contribution is -0.125. The molecule has 18 heavy (non-hydrogen) atoms. The minimum Gasteiger partial charge on any atom is -0.463 e. The number of aliphatic hydroxyl groups is 1. The number of primary amides is 1. The molecule has 0 aromatic carbocycles. The van der Waals surface area contributed by atoms with E-state index in [9.17, 15) is 9.90 Å². The van der Waals surface area contributed by atoms with Crippen molar-refractivity contribution in [1.29, 1.82) is 0 Å². The van der Waals surface area contributed by atoms with Crippen molar-refractivity contribution in [1.82, 2.24) is 15.0 Å². The van der Waals surface area contributed by atoms with Crippen LogP contribution in [0.2, 0.25) is 0 Å². The van der Waals surface area contributed by atoms with E-state index in [4.69, 9.17) is 16.2 Å². The van der Waals surface area contributed by atoms with Gasteiger partial charge in [-0.2, -0.15) is 15.0 Å². The van der Waals surface area contributed by atoms with Crippen LogP contribution in [0.4, 0.5) is 11.9 Å². The minimum atomic E-state index is -1.33. The number of hydrogen-bond acceptors (Lipinski definition) is 8. The van der Waals surface area contributed by atoms with E-state index in [0.29, 0.717) is 6.61 Å². The summed E-state index contributed by atoms with van der Waals surface area (Å²) in [4.78, 5) is 22.1. The monoisotopic (exact) mass is 256 g/mol. The van der Waals surface area contributed by atoms with Crippen LogP contribution in [0.15, 0.2) is 0 Å². The number of aromatic nitrogens is 3. The predicted molar refractivity (Wildman–Crippen MR) is 63.7 cm³/mol. The van der Waals surface area contributed by atoms with Gasteiger partial charge in [0.25, 0.3) is 0 Å². The average Bonchev–Trinajstić information content (AvgIpc) is 2.32. The first kappa shape index (κ1) is 13.9. The summed E-state index contributed by atoms with van der Waals surface area (Å²) >= 11 is 0. The Kier molecular flexibility index (Phi) is 5.06. The van der Waals surface area contributed by atoms with Crippen LogP contribution in [0, 0.1) is 0 Å². The summed E-state index contributed by atoms with van der Waals surface area (Å²) in [6, 6.07) is 0.0837. The van der Waals surface area contributed by atoms with E-state index in [1.165, 1.54) is 0 Å².